The van der Waals surface area contributed by atoms with Gasteiger partial charge in [-0.15, -0.1) is 4.79 Å². The highest BCUT2D eigenvalue weighted by molar-refractivity contribution is 8.26. The van der Waals surface area contributed by atoms with Crippen LogP contribution in [0.15, 0.2) is 0 Å². The van der Waals surface area contributed by atoms with Crippen molar-refractivity contribution in [2.75, 3.05) is 0 Å². The van der Waals surface area contributed by atoms with Crippen LogP contribution >= 0.6 is 0 Å². The number of hydrogen-bond donors (Lipinski definition) is 2. The summed E-state index contributed by atoms with van der Waals surface area (Å²) in [5, 5.41) is 0. The lowest BCUT2D eigenvalue weighted by Crippen LogP contribution is -2.24. The van der Waals surface area contributed by atoms with Crippen LogP contribution in [0.5, 0.6) is 0 Å². The summed E-state index contributed by atoms with van der Waals surface area (Å²) in [6.45, 7) is 0. The van der Waals surface area contributed by atoms with Crippen molar-refractivity contribution < 1.29 is 30.7 Å². The summed E-state index contributed by atoms with van der Waals surface area (Å²) >= 11 is 0. The van der Waals surface area contributed by atoms with Crippen molar-refractivity contribution in [3.05, 3.63) is 5.53 Å². The molecule has 0 aliphatic heterocycles. The van der Waals surface area contributed by atoms with Crippen LogP contribution in [0, 0.1) is 0 Å². The second-order valence-electron chi connectivity index (χ2n) is 1.32. The van der Waals surface area contributed by atoms with Gasteiger partial charge in [-0.2, -0.15) is 16.8 Å². The lowest BCUT2D eigenvalue weighted by molar-refractivity contribution is 0.00250. The highest BCUT2D eigenvalue weighted by Crippen LogP contribution is 1.93. The van der Waals surface area contributed by atoms with Gasteiger partial charge in [0.05, 0.1) is 0 Å². The fraction of sp³-hybridized carbons (Fsp3) is 0. The fourth-order valence-corrected chi connectivity index (χ4v) is 1.51. The molecule has 0 radical (unpaired) electrons. The van der Waals surface area contributed by atoms with Crippen LogP contribution in [0.25, 0.3) is 5.53 Å². The first-order valence-electron chi connectivity index (χ1n) is 1.86. The molecular formula is CH2N2O6S2. The highest BCUT2D eigenvalue weighted by atomic mass is 32.3. The average Bonchev–Trinajstić information content (AvgIpc) is 1.56. The van der Waals surface area contributed by atoms with E-state index in [1.807, 2.05) is 0 Å². The quantitative estimate of drug-likeness (QED) is 0.158. The van der Waals surface area contributed by atoms with Crippen molar-refractivity contribution in [3.8, 4) is 0 Å². The third-order valence-electron chi connectivity index (χ3n) is 0.523. The summed E-state index contributed by atoms with van der Waals surface area (Å²) < 4.78 is 53.5. The standard InChI is InChI=1S/CH2N2O6S2/c2-3-1(10(4,5)6)11(7,8)9/h(H,4,5,6)(H,7,8,9). The zero-order chi connectivity index (χ0) is 9.28. The second kappa shape index (κ2) is 2.68. The molecule has 10 heteroatoms. The van der Waals surface area contributed by atoms with E-state index in [1.54, 1.807) is 4.79 Å². The molecule has 0 bridgehead atoms. The van der Waals surface area contributed by atoms with E-state index in [-0.39, 0.29) is 0 Å². The lowest BCUT2D eigenvalue weighted by Gasteiger charge is -1.84. The normalized spacial score (nSPS) is 12.2. The summed E-state index contributed by atoms with van der Waals surface area (Å²) in [5.74, 6) is 0. The molecule has 0 aliphatic rings. The van der Waals surface area contributed by atoms with Crippen molar-refractivity contribution in [2.45, 2.75) is 0 Å². The Bertz CT molecular complexity index is 360. The summed E-state index contributed by atoms with van der Waals surface area (Å²) in [5.41, 5.74) is 7.71. The Morgan fingerprint density at radius 1 is 1.09 bits per heavy atom. The van der Waals surface area contributed by atoms with Gasteiger partial charge in [-0.3, -0.25) is 9.11 Å². The SMILES string of the molecule is [N-]=[N+]=C(S(=O)(=O)O)S(=O)(=O)O. The van der Waals surface area contributed by atoms with E-state index in [2.05, 4.69) is 0 Å². The lowest BCUT2D eigenvalue weighted by atomic mass is 11.7. The van der Waals surface area contributed by atoms with Gasteiger partial charge in [0.15, 0.2) is 0 Å². The smallest absolute Gasteiger partial charge is 0.359 e. The van der Waals surface area contributed by atoms with Crippen LogP contribution in [0.4, 0.5) is 0 Å². The van der Waals surface area contributed by atoms with Gasteiger partial charge in [0.2, 0.25) is 0 Å². The first-order valence-corrected chi connectivity index (χ1v) is 4.74. The maximum atomic E-state index is 9.93. The maximum absolute atomic E-state index is 9.93. The van der Waals surface area contributed by atoms with Gasteiger partial charge < -0.3 is 5.53 Å². The number of nitrogens with zero attached hydrogens (tertiary/aromatic N) is 2. The topological polar surface area (TPSA) is 145 Å². The molecule has 0 aliphatic carbocycles. The zero-order valence-corrected chi connectivity index (χ0v) is 6.37. The van der Waals surface area contributed by atoms with Crippen LogP contribution in [0.2, 0.25) is 0 Å². The Morgan fingerprint density at radius 2 is 1.36 bits per heavy atom. The van der Waals surface area contributed by atoms with Crippen LogP contribution in [-0.2, 0) is 20.2 Å². The molecule has 11 heavy (non-hydrogen) atoms. The summed E-state index contributed by atoms with van der Waals surface area (Å²) in [6.07, 6.45) is 0. The van der Waals surface area contributed by atoms with Crippen molar-refractivity contribution in [3.63, 3.8) is 0 Å². The molecule has 0 saturated heterocycles. The highest BCUT2D eigenvalue weighted by Gasteiger charge is 2.39. The van der Waals surface area contributed by atoms with E-state index >= 15 is 0 Å². The summed E-state index contributed by atoms with van der Waals surface area (Å²) in [6, 6.07) is 0. The molecule has 0 aromatic carbocycles. The summed E-state index contributed by atoms with van der Waals surface area (Å²) in [7, 11) is -10.4. The molecule has 0 amide bonds. The van der Waals surface area contributed by atoms with Gasteiger partial charge in [-0.25, -0.2) is 0 Å². The third-order valence-corrected chi connectivity index (χ3v) is 2.83. The van der Waals surface area contributed by atoms with Crippen molar-refractivity contribution in [1.29, 1.82) is 0 Å². The van der Waals surface area contributed by atoms with Gasteiger partial charge in [0, 0.05) is 0 Å². The Labute approximate surface area is 61.6 Å². The van der Waals surface area contributed by atoms with Crippen molar-refractivity contribution in [1.82, 2.24) is 0 Å². The molecule has 0 atom stereocenters. The number of hydrogen-bond acceptors (Lipinski definition) is 4. The number of rotatable bonds is 0. The van der Waals surface area contributed by atoms with Crippen LogP contribution in [0.3, 0.4) is 0 Å². The minimum Gasteiger partial charge on any atom is -0.359 e. The Morgan fingerprint density at radius 3 is 1.36 bits per heavy atom. The molecular weight excluding hydrogens is 200 g/mol. The molecule has 0 aromatic rings. The first-order chi connectivity index (χ1) is 4.69. The van der Waals surface area contributed by atoms with Gasteiger partial charge in [-0.05, 0) is 0 Å². The zero-order valence-electron chi connectivity index (χ0n) is 4.74. The van der Waals surface area contributed by atoms with E-state index in [4.69, 9.17) is 14.6 Å². The molecule has 2 N–H and O–H groups in total. The summed E-state index contributed by atoms with van der Waals surface area (Å²) in [4.78, 5) is 1.67. The Kier molecular flexibility index (Phi) is 2.48. The molecule has 8 nitrogen and oxygen atoms in total. The van der Waals surface area contributed by atoms with Gasteiger partial charge in [-0.1, -0.05) is 0 Å². The van der Waals surface area contributed by atoms with E-state index < -0.39 is 24.6 Å². The largest absolute Gasteiger partial charge is 0.546 e. The monoisotopic (exact) mass is 202 g/mol. The Hall–Kier alpha value is -0.800. The third kappa shape index (κ3) is 2.74. The van der Waals surface area contributed by atoms with Crippen molar-refractivity contribution >= 4 is 24.6 Å². The molecule has 0 saturated carbocycles. The molecule has 0 spiro atoms. The molecule has 0 heterocycles. The van der Waals surface area contributed by atoms with E-state index in [1.165, 1.54) is 0 Å². The predicted octanol–water partition coefficient (Wildman–Crippen LogP) is -1.65. The van der Waals surface area contributed by atoms with Gasteiger partial charge >= 0.3 is 24.6 Å². The molecule has 0 rings (SSSR count). The molecule has 0 fully saturated rings. The molecule has 64 valence electrons. The fourth-order valence-electron chi connectivity index (χ4n) is 0.236. The van der Waals surface area contributed by atoms with E-state index in [0.717, 1.165) is 0 Å². The first kappa shape index (κ1) is 10.2. The van der Waals surface area contributed by atoms with Gasteiger partial charge in [0.1, 0.15) is 0 Å². The van der Waals surface area contributed by atoms with E-state index in [0.29, 0.717) is 0 Å². The minimum absolute atomic E-state index is 1.67. The van der Waals surface area contributed by atoms with Crippen LogP contribution in [-0.4, -0.2) is 35.1 Å². The minimum atomic E-state index is -5.21. The van der Waals surface area contributed by atoms with Crippen molar-refractivity contribution in [2.24, 2.45) is 0 Å². The molecule has 0 aromatic heterocycles. The van der Waals surface area contributed by atoms with Crippen LogP contribution < -0.4 is 0 Å². The maximum Gasteiger partial charge on any atom is 0.546 e. The Balaban J connectivity index is 5.65. The average molecular weight is 202 g/mol. The van der Waals surface area contributed by atoms with Gasteiger partial charge in [0.25, 0.3) is 0 Å². The second-order valence-corrected chi connectivity index (χ2v) is 4.25. The molecule has 0 unspecified atom stereocenters. The predicted molar refractivity (Wildman–Crippen MR) is 31.7 cm³/mol. The van der Waals surface area contributed by atoms with E-state index in [9.17, 15) is 16.8 Å². The van der Waals surface area contributed by atoms with Crippen LogP contribution in [0.1, 0.15) is 0 Å².